The minimum Gasteiger partial charge on any atom is -0.459 e. The molecule has 0 aliphatic heterocycles. The number of ether oxygens (including phenoxy) is 1. The fraction of sp³-hybridized carbons (Fsp3) is 0.158. The summed E-state index contributed by atoms with van der Waals surface area (Å²) in [5.74, 6) is -0.896. The van der Waals surface area contributed by atoms with E-state index in [0.29, 0.717) is 11.1 Å². The van der Waals surface area contributed by atoms with Crippen molar-refractivity contribution in [2.24, 2.45) is 0 Å². The van der Waals surface area contributed by atoms with Crippen molar-refractivity contribution in [3.8, 4) is 0 Å². The Kier molecular flexibility index (Phi) is 5.78. The smallest absolute Gasteiger partial charge is 0.350 e. The molecule has 0 spiro atoms. The molecule has 140 valence electrons. The molecule has 0 amide bonds. The van der Waals surface area contributed by atoms with Crippen molar-refractivity contribution in [2.45, 2.75) is 24.3 Å². The summed E-state index contributed by atoms with van der Waals surface area (Å²) in [6.45, 7) is 3.33. The van der Waals surface area contributed by atoms with Gasteiger partial charge < -0.3 is 4.74 Å². The lowest BCUT2D eigenvalue weighted by Crippen LogP contribution is -2.19. The Hall–Kier alpha value is -2.03. The van der Waals surface area contributed by atoms with E-state index in [-0.39, 0.29) is 4.34 Å². The summed E-state index contributed by atoms with van der Waals surface area (Å²) in [4.78, 5) is 16.3. The summed E-state index contributed by atoms with van der Waals surface area (Å²) in [5.41, 5.74) is 1.14. The van der Waals surface area contributed by atoms with Crippen LogP contribution >= 0.6 is 27.3 Å². The number of nitrogens with zero attached hydrogens (tertiary/aromatic N) is 1. The predicted molar refractivity (Wildman–Crippen MR) is 110 cm³/mol. The number of thiazole rings is 1. The van der Waals surface area contributed by atoms with Crippen LogP contribution in [0.1, 0.15) is 19.4 Å². The van der Waals surface area contributed by atoms with Gasteiger partial charge in [0.1, 0.15) is 0 Å². The highest BCUT2D eigenvalue weighted by Crippen LogP contribution is 2.30. The number of hydrogen-bond acceptors (Lipinski definition) is 6. The van der Waals surface area contributed by atoms with Gasteiger partial charge in [0.2, 0.25) is 14.2 Å². The topological polar surface area (TPSA) is 73.3 Å². The van der Waals surface area contributed by atoms with Crippen LogP contribution in [-0.4, -0.2) is 25.5 Å². The third-order valence-electron chi connectivity index (χ3n) is 3.51. The largest absolute Gasteiger partial charge is 0.459 e. The number of halogens is 1. The zero-order chi connectivity index (χ0) is 19.6. The number of rotatable bonds is 5. The molecule has 0 radical (unpaired) electrons. The van der Waals surface area contributed by atoms with Crippen molar-refractivity contribution >= 4 is 59.4 Å². The summed E-state index contributed by atoms with van der Waals surface area (Å²) in [6.07, 6.45) is 0.870. The van der Waals surface area contributed by atoms with E-state index in [1.807, 2.05) is 6.07 Å². The third kappa shape index (κ3) is 4.45. The van der Waals surface area contributed by atoms with Crippen LogP contribution in [0.4, 0.5) is 0 Å². The van der Waals surface area contributed by atoms with Gasteiger partial charge in [-0.25, -0.2) is 18.2 Å². The number of para-hydroxylation sites is 1. The summed E-state index contributed by atoms with van der Waals surface area (Å²) in [6, 6.07) is 14.1. The first-order valence-corrected chi connectivity index (χ1v) is 11.2. The standard InChI is InChI=1S/C19H16BrNO4S2/c1-12(2)25-18(22)17(11-13-7-9-14(20)10-8-13)27(23,24)19-21-15-5-3-4-6-16(15)26-19/h3-12H,1-2H3/b17-11+. The zero-order valence-corrected chi connectivity index (χ0v) is 17.8. The van der Waals surface area contributed by atoms with Gasteiger partial charge >= 0.3 is 5.97 Å². The number of carbonyl (C=O) groups excluding carboxylic acids is 1. The number of sulfone groups is 1. The molecule has 0 atom stereocenters. The molecule has 5 nitrogen and oxygen atoms in total. The van der Waals surface area contributed by atoms with Crippen molar-refractivity contribution in [3.63, 3.8) is 0 Å². The fourth-order valence-corrected chi connectivity index (χ4v) is 5.19. The van der Waals surface area contributed by atoms with Crippen molar-refractivity contribution < 1.29 is 17.9 Å². The minimum absolute atomic E-state index is 0.132. The minimum atomic E-state index is -4.13. The number of aromatic nitrogens is 1. The Morgan fingerprint density at radius 2 is 1.81 bits per heavy atom. The van der Waals surface area contributed by atoms with E-state index in [2.05, 4.69) is 20.9 Å². The van der Waals surface area contributed by atoms with Gasteiger partial charge in [0, 0.05) is 4.47 Å². The molecule has 0 unspecified atom stereocenters. The van der Waals surface area contributed by atoms with E-state index < -0.39 is 26.8 Å². The highest BCUT2D eigenvalue weighted by atomic mass is 79.9. The Balaban J connectivity index is 2.12. The van der Waals surface area contributed by atoms with E-state index >= 15 is 0 Å². The molecule has 0 saturated heterocycles. The maximum atomic E-state index is 13.2. The second-order valence-electron chi connectivity index (χ2n) is 5.97. The quantitative estimate of drug-likeness (QED) is 0.398. The molecule has 0 saturated carbocycles. The molecule has 27 heavy (non-hydrogen) atoms. The van der Waals surface area contributed by atoms with E-state index in [0.717, 1.165) is 20.5 Å². The van der Waals surface area contributed by atoms with Gasteiger partial charge in [-0.05, 0) is 49.8 Å². The average Bonchev–Trinajstić information content (AvgIpc) is 3.05. The van der Waals surface area contributed by atoms with Crippen molar-refractivity contribution in [3.05, 3.63) is 63.5 Å². The summed E-state index contributed by atoms with van der Waals surface area (Å²) in [7, 11) is -4.13. The molecule has 2 aromatic carbocycles. The molecule has 0 fully saturated rings. The Labute approximate surface area is 169 Å². The normalized spacial score (nSPS) is 12.5. The maximum absolute atomic E-state index is 13.2. The van der Waals surface area contributed by atoms with Gasteiger partial charge in [0.05, 0.1) is 16.3 Å². The van der Waals surface area contributed by atoms with Crippen LogP contribution in [0.2, 0.25) is 0 Å². The average molecular weight is 466 g/mol. The van der Waals surface area contributed by atoms with Gasteiger partial charge in [-0.2, -0.15) is 0 Å². The molecule has 0 bridgehead atoms. The van der Waals surface area contributed by atoms with Crippen LogP contribution in [0.5, 0.6) is 0 Å². The molecule has 0 N–H and O–H groups in total. The first-order valence-electron chi connectivity index (χ1n) is 8.06. The van der Waals surface area contributed by atoms with Crippen molar-refractivity contribution in [1.82, 2.24) is 4.98 Å². The second-order valence-corrected chi connectivity index (χ2v) is 10.0. The molecule has 3 rings (SSSR count). The molecule has 3 aromatic rings. The van der Waals surface area contributed by atoms with Gasteiger partial charge in [-0.15, -0.1) is 11.3 Å². The Morgan fingerprint density at radius 1 is 1.15 bits per heavy atom. The molecular weight excluding hydrogens is 450 g/mol. The van der Waals surface area contributed by atoms with Crippen LogP contribution in [0.25, 0.3) is 16.3 Å². The summed E-state index contributed by atoms with van der Waals surface area (Å²) < 4.78 is 33.0. The SMILES string of the molecule is CC(C)OC(=O)/C(=C\c1ccc(Br)cc1)S(=O)(=O)c1nc2ccccc2s1. The monoisotopic (exact) mass is 465 g/mol. The Bertz CT molecular complexity index is 1080. The Morgan fingerprint density at radius 3 is 2.44 bits per heavy atom. The number of carbonyl (C=O) groups is 1. The number of esters is 1. The lowest BCUT2D eigenvalue weighted by Gasteiger charge is -2.10. The number of benzene rings is 2. The van der Waals surface area contributed by atoms with Gasteiger partial charge in [0.15, 0.2) is 4.91 Å². The highest BCUT2D eigenvalue weighted by Gasteiger charge is 2.32. The third-order valence-corrected chi connectivity index (χ3v) is 7.19. The molecule has 1 aromatic heterocycles. The van der Waals surface area contributed by atoms with Gasteiger partial charge in [-0.3, -0.25) is 0 Å². The van der Waals surface area contributed by atoms with Crippen LogP contribution in [0.3, 0.4) is 0 Å². The van der Waals surface area contributed by atoms with Gasteiger partial charge in [-0.1, -0.05) is 40.2 Å². The van der Waals surface area contributed by atoms with Crippen LogP contribution in [0, 0.1) is 0 Å². The van der Waals surface area contributed by atoms with Crippen molar-refractivity contribution in [1.29, 1.82) is 0 Å². The molecular formula is C19H16BrNO4S2. The zero-order valence-electron chi connectivity index (χ0n) is 14.5. The lowest BCUT2D eigenvalue weighted by molar-refractivity contribution is -0.141. The van der Waals surface area contributed by atoms with Crippen LogP contribution < -0.4 is 0 Å². The van der Waals surface area contributed by atoms with E-state index in [4.69, 9.17) is 4.74 Å². The number of hydrogen-bond donors (Lipinski definition) is 0. The van der Waals surface area contributed by atoms with E-state index in [1.165, 1.54) is 6.08 Å². The molecule has 8 heteroatoms. The first kappa shape index (κ1) is 19.7. The number of fused-ring (bicyclic) bond motifs is 1. The summed E-state index contributed by atoms with van der Waals surface area (Å²) >= 11 is 4.36. The van der Waals surface area contributed by atoms with E-state index in [1.54, 1.807) is 56.3 Å². The summed E-state index contributed by atoms with van der Waals surface area (Å²) in [5, 5.41) is 0. The maximum Gasteiger partial charge on any atom is 0.350 e. The highest BCUT2D eigenvalue weighted by molar-refractivity contribution is 9.10. The first-order chi connectivity index (χ1) is 12.8. The fourth-order valence-electron chi connectivity index (χ4n) is 2.29. The van der Waals surface area contributed by atoms with Gasteiger partial charge in [0.25, 0.3) is 0 Å². The van der Waals surface area contributed by atoms with Crippen LogP contribution in [-0.2, 0) is 19.4 Å². The lowest BCUT2D eigenvalue weighted by atomic mass is 10.2. The van der Waals surface area contributed by atoms with Crippen LogP contribution in [0.15, 0.2) is 62.2 Å². The molecule has 0 aliphatic carbocycles. The predicted octanol–water partition coefficient (Wildman–Crippen LogP) is 4.83. The second kappa shape index (κ2) is 7.92. The van der Waals surface area contributed by atoms with E-state index in [9.17, 15) is 13.2 Å². The molecule has 0 aliphatic rings. The molecule has 1 heterocycles. The van der Waals surface area contributed by atoms with Crippen molar-refractivity contribution in [2.75, 3.05) is 0 Å².